The maximum absolute atomic E-state index is 12.3. The minimum atomic E-state index is -0.194. The van der Waals surface area contributed by atoms with Crippen molar-refractivity contribution < 1.29 is 14.3 Å². The van der Waals surface area contributed by atoms with Crippen LogP contribution in [-0.2, 0) is 5.41 Å². The lowest BCUT2D eigenvalue weighted by Crippen LogP contribution is -2.12. The number of hydrogen-bond donors (Lipinski definition) is 0. The van der Waals surface area contributed by atoms with Crippen LogP contribution in [0.25, 0.3) is 0 Å². The van der Waals surface area contributed by atoms with Gasteiger partial charge < -0.3 is 4.74 Å². The van der Waals surface area contributed by atoms with Crippen LogP contribution in [0.5, 0.6) is 5.75 Å². The van der Waals surface area contributed by atoms with Crippen LogP contribution in [-0.4, -0.2) is 18.2 Å². The molecule has 2 rings (SSSR count). The lowest BCUT2D eigenvalue weighted by atomic mass is 9.86. The average Bonchev–Trinajstić information content (AvgIpc) is 2.59. The van der Waals surface area contributed by atoms with Crippen molar-refractivity contribution in [2.75, 3.05) is 6.61 Å². The Morgan fingerprint density at radius 3 is 1.84 bits per heavy atom. The van der Waals surface area contributed by atoms with E-state index < -0.39 is 0 Å². The van der Waals surface area contributed by atoms with Gasteiger partial charge in [-0.1, -0.05) is 57.7 Å². The normalized spacial score (nSPS) is 11.0. The molecule has 0 atom stereocenters. The van der Waals surface area contributed by atoms with Gasteiger partial charge in [-0.3, -0.25) is 9.59 Å². The Kier molecular flexibility index (Phi) is 5.92. The zero-order valence-electron chi connectivity index (χ0n) is 15.0. The summed E-state index contributed by atoms with van der Waals surface area (Å²) in [5, 5.41) is 0. The molecule has 25 heavy (non-hydrogen) atoms. The van der Waals surface area contributed by atoms with E-state index in [1.165, 1.54) is 0 Å². The summed E-state index contributed by atoms with van der Waals surface area (Å²) >= 11 is 0. The second kappa shape index (κ2) is 7.93. The Balaban J connectivity index is 2.02. The molecule has 2 aromatic carbocycles. The molecule has 0 saturated carbocycles. The number of hydrogen-bond acceptors (Lipinski definition) is 3. The van der Waals surface area contributed by atoms with Crippen molar-refractivity contribution in [1.82, 2.24) is 0 Å². The van der Waals surface area contributed by atoms with Crippen molar-refractivity contribution in [3.05, 3.63) is 77.9 Å². The Hall–Kier alpha value is -2.68. The molecule has 0 heterocycles. The van der Waals surface area contributed by atoms with Gasteiger partial charge >= 0.3 is 0 Å². The Morgan fingerprint density at radius 2 is 1.40 bits per heavy atom. The summed E-state index contributed by atoms with van der Waals surface area (Å²) in [4.78, 5) is 24.6. The standard InChI is InChI=1S/C22H24O3/c1-5-14-25-19-12-8-17(9-13-19)21(24)15-20(23)16-6-10-18(11-7-16)22(2,3)4/h5-13H,1,14-15H2,2-4H3. The van der Waals surface area contributed by atoms with Crippen molar-refractivity contribution in [3.8, 4) is 5.75 Å². The highest BCUT2D eigenvalue weighted by atomic mass is 16.5. The summed E-state index contributed by atoms with van der Waals surface area (Å²) in [6.07, 6.45) is 1.52. The van der Waals surface area contributed by atoms with E-state index in [-0.39, 0.29) is 23.4 Å². The van der Waals surface area contributed by atoms with E-state index in [0.717, 1.165) is 5.56 Å². The largest absolute Gasteiger partial charge is 0.490 e. The highest BCUT2D eigenvalue weighted by Crippen LogP contribution is 2.22. The zero-order chi connectivity index (χ0) is 18.4. The Labute approximate surface area is 149 Å². The molecule has 0 amide bonds. The van der Waals surface area contributed by atoms with Crippen LogP contribution in [0.1, 0.15) is 53.5 Å². The van der Waals surface area contributed by atoms with Crippen molar-refractivity contribution >= 4 is 11.6 Å². The minimum absolute atomic E-state index is 0.0345. The van der Waals surface area contributed by atoms with Gasteiger partial charge in [0, 0.05) is 11.1 Å². The van der Waals surface area contributed by atoms with Gasteiger partial charge in [0.25, 0.3) is 0 Å². The molecule has 0 saturated heterocycles. The number of rotatable bonds is 7. The van der Waals surface area contributed by atoms with Gasteiger partial charge in [0.2, 0.25) is 0 Å². The van der Waals surface area contributed by atoms with E-state index in [2.05, 4.69) is 27.4 Å². The Bertz CT molecular complexity index is 747. The van der Waals surface area contributed by atoms with Gasteiger partial charge in [0.1, 0.15) is 12.4 Å². The fraction of sp³-hybridized carbons (Fsp3) is 0.273. The summed E-state index contributed by atoms with van der Waals surface area (Å²) < 4.78 is 5.38. The summed E-state index contributed by atoms with van der Waals surface area (Å²) in [6.45, 7) is 10.4. The number of ether oxygens (including phenoxy) is 1. The molecule has 0 spiro atoms. The van der Waals surface area contributed by atoms with Gasteiger partial charge in [-0.2, -0.15) is 0 Å². The SMILES string of the molecule is C=CCOc1ccc(C(=O)CC(=O)c2ccc(C(C)(C)C)cc2)cc1. The molecule has 0 radical (unpaired) electrons. The topological polar surface area (TPSA) is 43.4 Å². The molecular formula is C22H24O3. The molecule has 0 aliphatic heterocycles. The third-order valence-electron chi connectivity index (χ3n) is 3.94. The van der Waals surface area contributed by atoms with Gasteiger partial charge in [0.05, 0.1) is 6.42 Å². The number of carbonyl (C=O) groups is 2. The van der Waals surface area contributed by atoms with E-state index in [1.807, 2.05) is 12.1 Å². The molecule has 0 bridgehead atoms. The van der Waals surface area contributed by atoms with Crippen molar-refractivity contribution in [3.63, 3.8) is 0 Å². The van der Waals surface area contributed by atoms with Crippen LogP contribution in [0.2, 0.25) is 0 Å². The van der Waals surface area contributed by atoms with Crippen LogP contribution in [0.15, 0.2) is 61.2 Å². The summed E-state index contributed by atoms with van der Waals surface area (Å²) in [7, 11) is 0. The molecule has 0 aromatic heterocycles. The molecular weight excluding hydrogens is 312 g/mol. The van der Waals surface area contributed by atoms with Gasteiger partial charge in [-0.25, -0.2) is 0 Å². The van der Waals surface area contributed by atoms with Crippen LogP contribution >= 0.6 is 0 Å². The smallest absolute Gasteiger partial charge is 0.170 e. The highest BCUT2D eigenvalue weighted by molar-refractivity contribution is 6.13. The average molecular weight is 336 g/mol. The van der Waals surface area contributed by atoms with E-state index in [0.29, 0.717) is 23.5 Å². The van der Waals surface area contributed by atoms with Gasteiger partial charge in [-0.05, 0) is 35.2 Å². The second-order valence-corrected chi connectivity index (χ2v) is 6.97. The quantitative estimate of drug-likeness (QED) is 0.406. The van der Waals surface area contributed by atoms with Crippen LogP contribution < -0.4 is 4.74 Å². The number of carbonyl (C=O) groups excluding carboxylic acids is 2. The van der Waals surface area contributed by atoms with E-state index in [9.17, 15) is 9.59 Å². The summed E-state index contributed by atoms with van der Waals surface area (Å²) in [5.74, 6) is 0.304. The maximum atomic E-state index is 12.3. The number of Topliss-reactive ketones (excluding diaryl/α,β-unsaturated/α-hetero) is 2. The minimum Gasteiger partial charge on any atom is -0.490 e. The number of ketones is 2. The van der Waals surface area contributed by atoms with Gasteiger partial charge in [-0.15, -0.1) is 0 Å². The zero-order valence-corrected chi connectivity index (χ0v) is 15.0. The van der Waals surface area contributed by atoms with Crippen molar-refractivity contribution in [1.29, 1.82) is 0 Å². The van der Waals surface area contributed by atoms with E-state index in [1.54, 1.807) is 42.5 Å². The molecule has 0 aliphatic carbocycles. The maximum Gasteiger partial charge on any atom is 0.170 e. The Morgan fingerprint density at radius 1 is 0.920 bits per heavy atom. The molecule has 0 N–H and O–H groups in total. The number of benzene rings is 2. The third-order valence-corrected chi connectivity index (χ3v) is 3.94. The summed E-state index contributed by atoms with van der Waals surface area (Å²) in [6, 6.07) is 14.3. The molecule has 130 valence electrons. The van der Waals surface area contributed by atoms with Crippen molar-refractivity contribution in [2.45, 2.75) is 32.6 Å². The highest BCUT2D eigenvalue weighted by Gasteiger charge is 2.16. The second-order valence-electron chi connectivity index (χ2n) is 6.97. The first-order valence-corrected chi connectivity index (χ1v) is 8.32. The predicted molar refractivity (Wildman–Crippen MR) is 101 cm³/mol. The molecule has 3 heteroatoms. The molecule has 3 nitrogen and oxygen atoms in total. The fourth-order valence-electron chi connectivity index (χ4n) is 2.40. The fourth-order valence-corrected chi connectivity index (χ4v) is 2.40. The summed E-state index contributed by atoms with van der Waals surface area (Å²) in [5.41, 5.74) is 2.26. The first kappa shape index (κ1) is 18.7. The van der Waals surface area contributed by atoms with E-state index >= 15 is 0 Å². The molecule has 0 unspecified atom stereocenters. The third kappa shape index (κ3) is 5.15. The van der Waals surface area contributed by atoms with Crippen LogP contribution in [0.4, 0.5) is 0 Å². The van der Waals surface area contributed by atoms with Crippen molar-refractivity contribution in [2.24, 2.45) is 0 Å². The first-order valence-electron chi connectivity index (χ1n) is 8.32. The van der Waals surface area contributed by atoms with Gasteiger partial charge in [0.15, 0.2) is 11.6 Å². The first-order chi connectivity index (χ1) is 11.8. The molecule has 0 fully saturated rings. The molecule has 2 aromatic rings. The van der Waals surface area contributed by atoms with E-state index in [4.69, 9.17) is 4.74 Å². The van der Waals surface area contributed by atoms with Crippen LogP contribution in [0.3, 0.4) is 0 Å². The lowest BCUT2D eigenvalue weighted by Gasteiger charge is -2.18. The molecule has 0 aliphatic rings. The lowest BCUT2D eigenvalue weighted by molar-refractivity contribution is 0.0894. The van der Waals surface area contributed by atoms with Crippen LogP contribution in [0, 0.1) is 0 Å². The monoisotopic (exact) mass is 336 g/mol. The predicted octanol–water partition coefficient (Wildman–Crippen LogP) is 5.00.